The lowest BCUT2D eigenvalue weighted by atomic mass is 10.2. The van der Waals surface area contributed by atoms with Crippen molar-refractivity contribution in [1.29, 1.82) is 0 Å². The van der Waals surface area contributed by atoms with Gasteiger partial charge in [0.05, 0.1) is 0 Å². The lowest BCUT2D eigenvalue weighted by molar-refractivity contribution is -0.114. The second-order valence-electron chi connectivity index (χ2n) is 2.74. The van der Waals surface area contributed by atoms with E-state index in [0.717, 1.165) is 5.56 Å². The van der Waals surface area contributed by atoms with Gasteiger partial charge < -0.3 is 5.32 Å². The van der Waals surface area contributed by atoms with Gasteiger partial charge in [-0.05, 0) is 24.6 Å². The Morgan fingerprint density at radius 3 is 2.69 bits per heavy atom. The van der Waals surface area contributed by atoms with Gasteiger partial charge in [0.25, 0.3) is 0 Å². The quantitative estimate of drug-likeness (QED) is 0.810. The summed E-state index contributed by atoms with van der Waals surface area (Å²) in [6, 6.07) is 2.65. The number of hydrogen-bond acceptors (Lipinski definition) is 1. The molecule has 1 aromatic carbocycles. The third kappa shape index (κ3) is 2.52. The second-order valence-corrected chi connectivity index (χ2v) is 3.60. The van der Waals surface area contributed by atoms with E-state index >= 15 is 0 Å². The molecule has 13 heavy (non-hydrogen) atoms. The summed E-state index contributed by atoms with van der Waals surface area (Å²) in [5.41, 5.74) is 1.32. The largest absolute Gasteiger partial charge is 0.326 e. The van der Waals surface area contributed by atoms with E-state index in [1.165, 1.54) is 19.1 Å². The van der Waals surface area contributed by atoms with Crippen molar-refractivity contribution >= 4 is 27.5 Å². The molecule has 1 rings (SSSR count). The van der Waals surface area contributed by atoms with E-state index in [2.05, 4.69) is 21.2 Å². The van der Waals surface area contributed by atoms with Gasteiger partial charge in [-0.15, -0.1) is 0 Å². The maximum atomic E-state index is 12.9. The van der Waals surface area contributed by atoms with Gasteiger partial charge in [-0.3, -0.25) is 4.79 Å². The minimum absolute atomic E-state index is 0.208. The first-order valence-corrected chi connectivity index (χ1v) is 4.53. The topological polar surface area (TPSA) is 29.1 Å². The van der Waals surface area contributed by atoms with E-state index in [4.69, 9.17) is 0 Å². The van der Waals surface area contributed by atoms with Crippen LogP contribution in [-0.2, 0) is 4.79 Å². The smallest absolute Gasteiger partial charge is 0.221 e. The summed E-state index contributed by atoms with van der Waals surface area (Å²) in [4.78, 5) is 10.7. The molecule has 1 amide bonds. The van der Waals surface area contributed by atoms with Crippen molar-refractivity contribution in [1.82, 2.24) is 0 Å². The second kappa shape index (κ2) is 3.87. The first kappa shape index (κ1) is 10.2. The highest BCUT2D eigenvalue weighted by Gasteiger charge is 2.05. The maximum absolute atomic E-state index is 12.9. The molecule has 0 aliphatic carbocycles. The van der Waals surface area contributed by atoms with Gasteiger partial charge in [0, 0.05) is 17.1 Å². The SMILES string of the molecule is CC(=O)Nc1cc(F)cc(Br)c1C. The number of carbonyl (C=O) groups is 1. The zero-order chi connectivity index (χ0) is 10.0. The molecule has 0 aromatic heterocycles. The number of halogens is 2. The molecule has 1 N–H and O–H groups in total. The Morgan fingerprint density at radius 1 is 1.54 bits per heavy atom. The molecule has 0 saturated carbocycles. The molecular weight excluding hydrogens is 237 g/mol. The van der Waals surface area contributed by atoms with Crippen molar-refractivity contribution < 1.29 is 9.18 Å². The zero-order valence-electron chi connectivity index (χ0n) is 7.32. The van der Waals surface area contributed by atoms with E-state index in [1.54, 1.807) is 6.92 Å². The van der Waals surface area contributed by atoms with Crippen molar-refractivity contribution in [3.8, 4) is 0 Å². The average molecular weight is 246 g/mol. The van der Waals surface area contributed by atoms with Gasteiger partial charge in [0.15, 0.2) is 0 Å². The molecule has 0 spiro atoms. The van der Waals surface area contributed by atoms with Crippen molar-refractivity contribution in [3.05, 3.63) is 28.0 Å². The highest BCUT2D eigenvalue weighted by molar-refractivity contribution is 9.10. The van der Waals surface area contributed by atoms with Crippen LogP contribution in [-0.4, -0.2) is 5.91 Å². The summed E-state index contributed by atoms with van der Waals surface area (Å²) in [6.45, 7) is 3.19. The molecular formula is C9H9BrFNO. The van der Waals surface area contributed by atoms with Crippen LogP contribution in [0.25, 0.3) is 0 Å². The lowest BCUT2D eigenvalue weighted by Gasteiger charge is -2.07. The summed E-state index contributed by atoms with van der Waals surface area (Å²) in [5.74, 6) is -0.582. The number of amides is 1. The van der Waals surface area contributed by atoms with Crippen LogP contribution in [0.5, 0.6) is 0 Å². The van der Waals surface area contributed by atoms with Crippen LogP contribution in [0.3, 0.4) is 0 Å². The third-order valence-corrected chi connectivity index (χ3v) is 2.44. The van der Waals surface area contributed by atoms with Crippen LogP contribution in [0, 0.1) is 12.7 Å². The van der Waals surface area contributed by atoms with E-state index in [1.807, 2.05) is 0 Å². The molecule has 0 aliphatic rings. The fraction of sp³-hybridized carbons (Fsp3) is 0.222. The number of anilines is 1. The fourth-order valence-electron chi connectivity index (χ4n) is 0.965. The average Bonchev–Trinajstić information content (AvgIpc) is 1.98. The molecule has 70 valence electrons. The molecule has 0 fully saturated rings. The number of hydrogen-bond donors (Lipinski definition) is 1. The standard InChI is InChI=1S/C9H9BrFNO/c1-5-8(10)3-7(11)4-9(5)12-6(2)13/h3-4H,1-2H3,(H,12,13). The molecule has 0 bridgehead atoms. The number of carbonyl (C=O) groups excluding carboxylic acids is 1. The Balaban J connectivity index is 3.12. The molecule has 4 heteroatoms. The summed E-state index contributed by atoms with van der Waals surface area (Å²) < 4.78 is 13.5. The Morgan fingerprint density at radius 2 is 2.15 bits per heavy atom. The van der Waals surface area contributed by atoms with E-state index < -0.39 is 0 Å². The number of rotatable bonds is 1. The number of benzene rings is 1. The summed E-state index contributed by atoms with van der Waals surface area (Å²) in [5, 5.41) is 2.55. The van der Waals surface area contributed by atoms with E-state index in [9.17, 15) is 9.18 Å². The van der Waals surface area contributed by atoms with Crippen molar-refractivity contribution in [3.63, 3.8) is 0 Å². The zero-order valence-corrected chi connectivity index (χ0v) is 8.90. The van der Waals surface area contributed by atoms with E-state index in [0.29, 0.717) is 10.2 Å². The van der Waals surface area contributed by atoms with Gasteiger partial charge >= 0.3 is 0 Å². The molecule has 0 heterocycles. The van der Waals surface area contributed by atoms with Crippen LogP contribution in [0.2, 0.25) is 0 Å². The highest BCUT2D eigenvalue weighted by atomic mass is 79.9. The minimum atomic E-state index is -0.374. The number of nitrogens with one attached hydrogen (secondary N) is 1. The van der Waals surface area contributed by atoms with Crippen molar-refractivity contribution in [2.45, 2.75) is 13.8 Å². The van der Waals surface area contributed by atoms with Gasteiger partial charge in [0.2, 0.25) is 5.91 Å². The van der Waals surface area contributed by atoms with Gasteiger partial charge in [0.1, 0.15) is 5.82 Å². The van der Waals surface area contributed by atoms with Crippen molar-refractivity contribution in [2.75, 3.05) is 5.32 Å². The van der Waals surface area contributed by atoms with Crippen molar-refractivity contribution in [2.24, 2.45) is 0 Å². The van der Waals surface area contributed by atoms with Gasteiger partial charge in [-0.2, -0.15) is 0 Å². The van der Waals surface area contributed by atoms with Gasteiger partial charge in [-0.25, -0.2) is 4.39 Å². The van der Waals surface area contributed by atoms with Crippen LogP contribution in [0.4, 0.5) is 10.1 Å². The first-order chi connectivity index (χ1) is 6.00. The van der Waals surface area contributed by atoms with Gasteiger partial charge in [-0.1, -0.05) is 15.9 Å². The lowest BCUT2D eigenvalue weighted by Crippen LogP contribution is -2.07. The molecule has 0 radical (unpaired) electrons. The molecule has 0 saturated heterocycles. The van der Waals surface area contributed by atoms with E-state index in [-0.39, 0.29) is 11.7 Å². The fourth-order valence-corrected chi connectivity index (χ4v) is 1.40. The van der Waals surface area contributed by atoms with Crippen LogP contribution in [0.15, 0.2) is 16.6 Å². The molecule has 0 atom stereocenters. The summed E-state index contributed by atoms with van der Waals surface area (Å²) in [7, 11) is 0. The maximum Gasteiger partial charge on any atom is 0.221 e. The minimum Gasteiger partial charge on any atom is -0.326 e. The predicted octanol–water partition coefficient (Wildman–Crippen LogP) is 2.86. The molecule has 0 unspecified atom stereocenters. The first-order valence-electron chi connectivity index (χ1n) is 3.74. The normalized spacial score (nSPS) is 9.85. The Bertz CT molecular complexity index is 352. The Labute approximate surface area is 84.3 Å². The molecule has 1 aromatic rings. The highest BCUT2D eigenvalue weighted by Crippen LogP contribution is 2.25. The monoisotopic (exact) mass is 245 g/mol. The van der Waals surface area contributed by atoms with Crippen LogP contribution in [0.1, 0.15) is 12.5 Å². The molecule has 2 nitrogen and oxygen atoms in total. The van der Waals surface area contributed by atoms with Crippen LogP contribution < -0.4 is 5.32 Å². The third-order valence-electron chi connectivity index (χ3n) is 1.62. The predicted molar refractivity (Wildman–Crippen MR) is 53.1 cm³/mol. The molecule has 0 aliphatic heterocycles. The Hall–Kier alpha value is -0.900. The van der Waals surface area contributed by atoms with Crippen LogP contribution >= 0.6 is 15.9 Å². The summed E-state index contributed by atoms with van der Waals surface area (Å²) >= 11 is 3.20. The summed E-state index contributed by atoms with van der Waals surface area (Å²) in [6.07, 6.45) is 0. The Kier molecular flexibility index (Phi) is 3.03.